The zero-order chi connectivity index (χ0) is 14.5. The summed E-state index contributed by atoms with van der Waals surface area (Å²) < 4.78 is 5.64. The molecule has 20 heavy (non-hydrogen) atoms. The van der Waals surface area contributed by atoms with Crippen LogP contribution in [0.3, 0.4) is 0 Å². The van der Waals surface area contributed by atoms with E-state index >= 15 is 0 Å². The smallest absolute Gasteiger partial charge is 0.157 e. The maximum Gasteiger partial charge on any atom is 0.157 e. The lowest BCUT2D eigenvalue weighted by Gasteiger charge is -2.09. The molecule has 0 atom stereocenters. The standard InChI is InChI=1S/C14H10Cl3NOS/c15-10-5-12(16)14(13(17)6-10)19-7-11-4-9(8-20-11)2-1-3-18/h4-6,8H,3,7,18H2. The van der Waals surface area contributed by atoms with Gasteiger partial charge in [-0.3, -0.25) is 0 Å². The number of hydrogen-bond acceptors (Lipinski definition) is 3. The Morgan fingerprint density at radius 1 is 1.15 bits per heavy atom. The highest BCUT2D eigenvalue weighted by atomic mass is 35.5. The first kappa shape index (κ1) is 15.5. The number of hydrogen-bond donors (Lipinski definition) is 1. The van der Waals surface area contributed by atoms with E-state index in [0.29, 0.717) is 34.0 Å². The minimum absolute atomic E-state index is 0.345. The first-order valence-corrected chi connectivity index (χ1v) is 7.65. The normalized spacial score (nSPS) is 10.0. The lowest BCUT2D eigenvalue weighted by atomic mass is 10.3. The highest BCUT2D eigenvalue weighted by molar-refractivity contribution is 7.10. The van der Waals surface area contributed by atoms with Crippen LogP contribution in [0, 0.1) is 11.8 Å². The predicted octanol–water partition coefficient (Wildman–Crippen LogP) is 4.60. The van der Waals surface area contributed by atoms with Gasteiger partial charge in [0.05, 0.1) is 16.6 Å². The van der Waals surface area contributed by atoms with E-state index < -0.39 is 0 Å². The van der Waals surface area contributed by atoms with Crippen LogP contribution in [-0.2, 0) is 6.61 Å². The largest absolute Gasteiger partial charge is 0.485 e. The van der Waals surface area contributed by atoms with E-state index in [9.17, 15) is 0 Å². The van der Waals surface area contributed by atoms with E-state index in [4.69, 9.17) is 45.3 Å². The Kier molecular flexibility index (Phi) is 5.59. The molecule has 0 radical (unpaired) electrons. The van der Waals surface area contributed by atoms with Crippen LogP contribution >= 0.6 is 46.1 Å². The minimum atomic E-state index is 0.345. The van der Waals surface area contributed by atoms with Crippen LogP contribution in [-0.4, -0.2) is 6.54 Å². The molecule has 0 saturated heterocycles. The van der Waals surface area contributed by atoms with Crippen LogP contribution < -0.4 is 10.5 Å². The Labute approximate surface area is 136 Å². The summed E-state index contributed by atoms with van der Waals surface area (Å²) in [5, 5.41) is 3.21. The van der Waals surface area contributed by atoms with Gasteiger partial charge in [-0.1, -0.05) is 46.6 Å². The molecule has 0 bridgehead atoms. The number of rotatable bonds is 3. The van der Waals surface area contributed by atoms with Crippen LogP contribution in [0.1, 0.15) is 10.4 Å². The minimum Gasteiger partial charge on any atom is -0.485 e. The van der Waals surface area contributed by atoms with Crippen LogP contribution in [0.4, 0.5) is 0 Å². The van der Waals surface area contributed by atoms with Gasteiger partial charge in [0.1, 0.15) is 6.61 Å². The second-order valence-corrected chi connectivity index (χ2v) is 6.04. The number of benzene rings is 1. The second kappa shape index (κ2) is 7.21. The van der Waals surface area contributed by atoms with Crippen molar-refractivity contribution in [1.29, 1.82) is 0 Å². The molecule has 0 aliphatic rings. The van der Waals surface area contributed by atoms with Crippen molar-refractivity contribution >= 4 is 46.1 Å². The van der Waals surface area contributed by atoms with Gasteiger partial charge in [0.2, 0.25) is 0 Å². The van der Waals surface area contributed by atoms with Gasteiger partial charge in [-0.25, -0.2) is 0 Å². The first-order valence-electron chi connectivity index (χ1n) is 5.64. The zero-order valence-electron chi connectivity index (χ0n) is 10.3. The average molecular weight is 347 g/mol. The van der Waals surface area contributed by atoms with Crippen LogP contribution in [0.5, 0.6) is 5.75 Å². The molecule has 0 spiro atoms. The molecule has 0 aliphatic heterocycles. The molecule has 2 aromatic rings. The van der Waals surface area contributed by atoms with Gasteiger partial charge in [-0.15, -0.1) is 11.3 Å². The number of ether oxygens (including phenoxy) is 1. The van der Waals surface area contributed by atoms with Crippen molar-refractivity contribution in [2.45, 2.75) is 6.61 Å². The molecule has 1 heterocycles. The fourth-order valence-electron chi connectivity index (χ4n) is 1.49. The summed E-state index contributed by atoms with van der Waals surface area (Å²) in [5.74, 6) is 6.20. The molecule has 0 aliphatic carbocycles. The summed E-state index contributed by atoms with van der Waals surface area (Å²) in [6.07, 6.45) is 0. The fourth-order valence-corrected chi connectivity index (χ4v) is 3.14. The first-order chi connectivity index (χ1) is 9.60. The number of halogens is 3. The van der Waals surface area contributed by atoms with E-state index in [1.165, 1.54) is 0 Å². The summed E-state index contributed by atoms with van der Waals surface area (Å²) in [7, 11) is 0. The second-order valence-electron chi connectivity index (χ2n) is 3.79. The Hall–Kier alpha value is -0.890. The third-order valence-corrected chi connectivity index (χ3v) is 4.00. The lowest BCUT2D eigenvalue weighted by molar-refractivity contribution is 0.310. The lowest BCUT2D eigenvalue weighted by Crippen LogP contribution is -1.94. The van der Waals surface area contributed by atoms with Gasteiger partial charge in [0, 0.05) is 20.8 Å². The van der Waals surface area contributed by atoms with Crippen LogP contribution in [0.25, 0.3) is 0 Å². The van der Waals surface area contributed by atoms with Gasteiger partial charge in [0.15, 0.2) is 5.75 Å². The fraction of sp³-hybridized carbons (Fsp3) is 0.143. The maximum atomic E-state index is 6.05. The van der Waals surface area contributed by atoms with Crippen molar-refractivity contribution in [3.8, 4) is 17.6 Å². The molecule has 1 aromatic heterocycles. The molecular formula is C14H10Cl3NOS. The molecule has 2 rings (SSSR count). The maximum absolute atomic E-state index is 6.05. The third kappa shape index (κ3) is 4.05. The van der Waals surface area contributed by atoms with Gasteiger partial charge < -0.3 is 10.5 Å². The molecule has 2 N–H and O–H groups in total. The Bertz CT molecular complexity index is 650. The summed E-state index contributed by atoms with van der Waals surface area (Å²) >= 11 is 19.5. The quantitative estimate of drug-likeness (QED) is 0.825. The van der Waals surface area contributed by atoms with Crippen molar-refractivity contribution in [1.82, 2.24) is 0 Å². The molecule has 2 nitrogen and oxygen atoms in total. The van der Waals surface area contributed by atoms with E-state index in [2.05, 4.69) is 11.8 Å². The highest BCUT2D eigenvalue weighted by Crippen LogP contribution is 2.36. The van der Waals surface area contributed by atoms with Crippen LogP contribution in [0.15, 0.2) is 23.6 Å². The molecule has 0 fully saturated rings. The third-order valence-electron chi connectivity index (χ3n) is 2.31. The van der Waals surface area contributed by atoms with Gasteiger partial charge in [0.25, 0.3) is 0 Å². The van der Waals surface area contributed by atoms with Crippen molar-refractivity contribution < 1.29 is 4.74 Å². The van der Waals surface area contributed by atoms with Crippen molar-refractivity contribution in [2.75, 3.05) is 6.54 Å². The Morgan fingerprint density at radius 2 is 1.85 bits per heavy atom. The zero-order valence-corrected chi connectivity index (χ0v) is 13.3. The van der Waals surface area contributed by atoms with Crippen molar-refractivity contribution in [3.63, 3.8) is 0 Å². The summed E-state index contributed by atoms with van der Waals surface area (Å²) in [5.41, 5.74) is 6.25. The number of thiophene rings is 1. The SMILES string of the molecule is NCC#Cc1csc(COc2c(Cl)cc(Cl)cc2Cl)c1. The number of nitrogens with two attached hydrogens (primary N) is 1. The van der Waals surface area contributed by atoms with E-state index in [1.54, 1.807) is 23.5 Å². The molecule has 0 unspecified atom stereocenters. The predicted molar refractivity (Wildman–Crippen MR) is 86.1 cm³/mol. The topological polar surface area (TPSA) is 35.2 Å². The Balaban J connectivity index is 2.07. The average Bonchev–Trinajstić information content (AvgIpc) is 2.83. The molecule has 6 heteroatoms. The van der Waals surface area contributed by atoms with Gasteiger partial charge in [-0.05, 0) is 18.2 Å². The summed E-state index contributed by atoms with van der Waals surface area (Å²) in [6.45, 7) is 0.716. The molecule has 1 aromatic carbocycles. The van der Waals surface area contributed by atoms with E-state index in [0.717, 1.165) is 10.4 Å². The summed E-state index contributed by atoms with van der Waals surface area (Å²) in [6, 6.07) is 5.14. The molecule has 0 saturated carbocycles. The highest BCUT2D eigenvalue weighted by Gasteiger charge is 2.10. The summed E-state index contributed by atoms with van der Waals surface area (Å²) in [4.78, 5) is 1.02. The van der Waals surface area contributed by atoms with E-state index in [1.807, 2.05) is 11.4 Å². The van der Waals surface area contributed by atoms with Gasteiger partial charge >= 0.3 is 0 Å². The molecule has 104 valence electrons. The van der Waals surface area contributed by atoms with Crippen LogP contribution in [0.2, 0.25) is 15.1 Å². The molecule has 0 amide bonds. The molecular weight excluding hydrogens is 337 g/mol. The monoisotopic (exact) mass is 345 g/mol. The van der Waals surface area contributed by atoms with Gasteiger partial charge in [-0.2, -0.15) is 0 Å². The van der Waals surface area contributed by atoms with E-state index in [-0.39, 0.29) is 0 Å². The van der Waals surface area contributed by atoms with Crippen molar-refractivity contribution in [2.24, 2.45) is 5.73 Å². The Morgan fingerprint density at radius 3 is 2.50 bits per heavy atom. The van der Waals surface area contributed by atoms with Crippen molar-refractivity contribution in [3.05, 3.63) is 49.1 Å².